The van der Waals surface area contributed by atoms with Crippen molar-refractivity contribution in [2.45, 2.75) is 19.4 Å². The molecule has 1 aromatic heterocycles. The highest BCUT2D eigenvalue weighted by atomic mass is 35.5. The lowest BCUT2D eigenvalue weighted by atomic mass is 10.0. The third kappa shape index (κ3) is 3.92. The standard InChI is InChI=1S/C16H18N4O2S.ClH/c17-8-14-19-12(10-23-14)16(22)18-9-15(21)20-7-3-5-11-4-1-2-6-13(11)20;/h1-2,4,6,10H,3,5,7-9,17H2,(H,18,22);1H. The van der Waals surface area contributed by atoms with Crippen LogP contribution in [0.3, 0.4) is 0 Å². The van der Waals surface area contributed by atoms with E-state index < -0.39 is 0 Å². The molecule has 0 unspecified atom stereocenters. The minimum Gasteiger partial charge on any atom is -0.342 e. The lowest BCUT2D eigenvalue weighted by Crippen LogP contribution is -2.42. The molecule has 0 spiro atoms. The highest BCUT2D eigenvalue weighted by Gasteiger charge is 2.22. The van der Waals surface area contributed by atoms with Crippen molar-refractivity contribution in [2.75, 3.05) is 18.0 Å². The van der Waals surface area contributed by atoms with Crippen LogP contribution in [0.15, 0.2) is 29.6 Å². The Hall–Kier alpha value is -1.96. The molecule has 2 aromatic rings. The Balaban J connectivity index is 0.00000208. The second-order valence-corrected chi connectivity index (χ2v) is 6.23. The zero-order chi connectivity index (χ0) is 16.2. The monoisotopic (exact) mass is 366 g/mol. The van der Waals surface area contributed by atoms with E-state index in [4.69, 9.17) is 5.73 Å². The number of aromatic nitrogens is 1. The highest BCUT2D eigenvalue weighted by Crippen LogP contribution is 2.26. The minimum atomic E-state index is -0.348. The van der Waals surface area contributed by atoms with Gasteiger partial charge in [-0.3, -0.25) is 9.59 Å². The summed E-state index contributed by atoms with van der Waals surface area (Å²) in [6.07, 6.45) is 1.91. The van der Waals surface area contributed by atoms with Gasteiger partial charge in [-0.15, -0.1) is 23.7 Å². The number of anilines is 1. The van der Waals surface area contributed by atoms with Crippen molar-refractivity contribution < 1.29 is 9.59 Å². The van der Waals surface area contributed by atoms with Gasteiger partial charge in [0.2, 0.25) is 5.91 Å². The molecule has 0 aliphatic carbocycles. The summed E-state index contributed by atoms with van der Waals surface area (Å²) in [5.74, 6) is -0.459. The highest BCUT2D eigenvalue weighted by molar-refractivity contribution is 7.09. The molecule has 0 radical (unpaired) electrons. The van der Waals surface area contributed by atoms with Gasteiger partial charge in [0.1, 0.15) is 10.7 Å². The number of nitrogens with one attached hydrogen (secondary N) is 1. The summed E-state index contributed by atoms with van der Waals surface area (Å²) in [6.45, 7) is 0.948. The number of aryl methyl sites for hydroxylation is 1. The maximum absolute atomic E-state index is 12.4. The van der Waals surface area contributed by atoms with Gasteiger partial charge in [-0.1, -0.05) is 18.2 Å². The molecule has 0 saturated heterocycles. The van der Waals surface area contributed by atoms with E-state index >= 15 is 0 Å². The van der Waals surface area contributed by atoms with E-state index in [1.165, 1.54) is 16.9 Å². The first-order chi connectivity index (χ1) is 11.2. The number of carbonyl (C=O) groups is 2. The van der Waals surface area contributed by atoms with Gasteiger partial charge < -0.3 is 16.0 Å². The van der Waals surface area contributed by atoms with E-state index in [0.29, 0.717) is 23.8 Å². The van der Waals surface area contributed by atoms with Crippen LogP contribution in [0.2, 0.25) is 0 Å². The summed E-state index contributed by atoms with van der Waals surface area (Å²) < 4.78 is 0. The van der Waals surface area contributed by atoms with Gasteiger partial charge in [-0.05, 0) is 24.5 Å². The van der Waals surface area contributed by atoms with E-state index in [1.807, 2.05) is 24.3 Å². The Bertz CT molecular complexity index is 734. The second kappa shape index (κ2) is 8.23. The predicted molar refractivity (Wildman–Crippen MR) is 96.7 cm³/mol. The van der Waals surface area contributed by atoms with Crippen molar-refractivity contribution in [3.63, 3.8) is 0 Å². The van der Waals surface area contributed by atoms with Crippen molar-refractivity contribution in [2.24, 2.45) is 5.73 Å². The topological polar surface area (TPSA) is 88.3 Å². The number of amides is 2. The van der Waals surface area contributed by atoms with Crippen molar-refractivity contribution >= 4 is 41.2 Å². The zero-order valence-electron chi connectivity index (χ0n) is 13.0. The van der Waals surface area contributed by atoms with Crippen LogP contribution in [0.25, 0.3) is 0 Å². The molecule has 128 valence electrons. The number of nitrogens with zero attached hydrogens (tertiary/aromatic N) is 2. The van der Waals surface area contributed by atoms with Crippen LogP contribution >= 0.6 is 23.7 Å². The van der Waals surface area contributed by atoms with Crippen molar-refractivity contribution in [1.82, 2.24) is 10.3 Å². The van der Waals surface area contributed by atoms with Crippen molar-refractivity contribution in [1.29, 1.82) is 0 Å². The van der Waals surface area contributed by atoms with Crippen LogP contribution in [0.4, 0.5) is 5.69 Å². The summed E-state index contributed by atoms with van der Waals surface area (Å²) in [4.78, 5) is 30.3. The molecular weight excluding hydrogens is 348 g/mol. The first-order valence-electron chi connectivity index (χ1n) is 7.50. The quantitative estimate of drug-likeness (QED) is 0.862. The second-order valence-electron chi connectivity index (χ2n) is 5.29. The van der Waals surface area contributed by atoms with Gasteiger partial charge >= 0.3 is 0 Å². The van der Waals surface area contributed by atoms with Gasteiger partial charge in [0, 0.05) is 24.2 Å². The molecule has 3 N–H and O–H groups in total. The molecule has 1 aliphatic rings. The number of fused-ring (bicyclic) bond motifs is 1. The van der Waals surface area contributed by atoms with E-state index in [-0.39, 0.29) is 30.8 Å². The third-order valence-electron chi connectivity index (χ3n) is 3.77. The fraction of sp³-hybridized carbons (Fsp3) is 0.312. The number of rotatable bonds is 4. The van der Waals surface area contributed by atoms with Crippen LogP contribution in [0, 0.1) is 0 Å². The number of hydrogen-bond donors (Lipinski definition) is 2. The molecule has 1 aromatic carbocycles. The fourth-order valence-electron chi connectivity index (χ4n) is 2.64. The molecule has 3 rings (SSSR count). The zero-order valence-corrected chi connectivity index (χ0v) is 14.7. The van der Waals surface area contributed by atoms with Crippen LogP contribution in [-0.4, -0.2) is 29.9 Å². The Kier molecular flexibility index (Phi) is 6.30. The number of para-hydroxylation sites is 1. The first-order valence-corrected chi connectivity index (χ1v) is 8.38. The first kappa shape index (κ1) is 18.4. The summed E-state index contributed by atoms with van der Waals surface area (Å²) >= 11 is 1.34. The Morgan fingerprint density at radius 2 is 2.12 bits per heavy atom. The van der Waals surface area contributed by atoms with Gasteiger partial charge in [-0.25, -0.2) is 4.98 Å². The predicted octanol–water partition coefficient (Wildman–Crippen LogP) is 1.73. The van der Waals surface area contributed by atoms with Gasteiger partial charge in [0.15, 0.2) is 0 Å². The molecule has 2 amide bonds. The molecule has 0 bridgehead atoms. The molecule has 6 nitrogen and oxygen atoms in total. The van der Waals surface area contributed by atoms with Gasteiger partial charge in [-0.2, -0.15) is 0 Å². The van der Waals surface area contributed by atoms with Crippen molar-refractivity contribution in [3.05, 3.63) is 45.9 Å². The number of hydrogen-bond acceptors (Lipinski definition) is 5. The number of thiazole rings is 1. The SMILES string of the molecule is Cl.NCc1nc(C(=O)NCC(=O)N2CCCc3ccccc32)cs1. The summed E-state index contributed by atoms with van der Waals surface area (Å²) in [5, 5.41) is 4.99. The largest absolute Gasteiger partial charge is 0.342 e. The summed E-state index contributed by atoms with van der Waals surface area (Å²) in [7, 11) is 0. The Labute approximate surface area is 150 Å². The number of nitrogens with two attached hydrogens (primary N) is 1. The van der Waals surface area contributed by atoms with Gasteiger partial charge in [0.25, 0.3) is 5.91 Å². The van der Waals surface area contributed by atoms with Crippen molar-refractivity contribution in [3.8, 4) is 0 Å². The molecular formula is C16H19ClN4O2S. The van der Waals surface area contributed by atoms with E-state index in [0.717, 1.165) is 18.5 Å². The number of carbonyl (C=O) groups excluding carboxylic acids is 2. The lowest BCUT2D eigenvalue weighted by molar-refractivity contribution is -0.117. The molecule has 24 heavy (non-hydrogen) atoms. The molecule has 0 fully saturated rings. The van der Waals surface area contributed by atoms with E-state index in [1.54, 1.807) is 10.3 Å². The van der Waals surface area contributed by atoms with E-state index in [9.17, 15) is 9.59 Å². The van der Waals surface area contributed by atoms with E-state index in [2.05, 4.69) is 10.3 Å². The maximum Gasteiger partial charge on any atom is 0.271 e. The molecule has 0 atom stereocenters. The smallest absolute Gasteiger partial charge is 0.271 e. The van der Waals surface area contributed by atoms with Gasteiger partial charge in [0.05, 0.1) is 6.54 Å². The van der Waals surface area contributed by atoms with Crippen LogP contribution in [0.5, 0.6) is 0 Å². The minimum absolute atomic E-state index is 0. The van der Waals surface area contributed by atoms with Crippen LogP contribution in [0.1, 0.15) is 27.5 Å². The molecule has 2 heterocycles. The van der Waals surface area contributed by atoms with Crippen LogP contribution < -0.4 is 16.0 Å². The Morgan fingerprint density at radius 1 is 1.33 bits per heavy atom. The average Bonchev–Trinajstić information content (AvgIpc) is 3.08. The summed E-state index contributed by atoms with van der Waals surface area (Å²) in [5.41, 5.74) is 7.90. The third-order valence-corrected chi connectivity index (χ3v) is 4.64. The lowest BCUT2D eigenvalue weighted by Gasteiger charge is -2.29. The molecule has 0 saturated carbocycles. The normalized spacial score (nSPS) is 13.0. The molecule has 1 aliphatic heterocycles. The summed E-state index contributed by atoms with van der Waals surface area (Å²) in [6, 6.07) is 7.89. The fourth-order valence-corrected chi connectivity index (χ4v) is 3.30. The molecule has 8 heteroatoms. The number of benzene rings is 1. The number of halogens is 1. The van der Waals surface area contributed by atoms with Crippen LogP contribution in [-0.2, 0) is 17.8 Å². The Morgan fingerprint density at radius 3 is 2.88 bits per heavy atom. The maximum atomic E-state index is 12.4. The average molecular weight is 367 g/mol.